The molecule has 0 fully saturated rings. The summed E-state index contributed by atoms with van der Waals surface area (Å²) in [6.45, 7) is 7.21. The Morgan fingerprint density at radius 2 is 1.96 bits per heavy atom. The monoisotopic (exact) mass is 408 g/mol. The number of esters is 1. The number of pyridine rings is 1. The van der Waals surface area contributed by atoms with Crippen LogP contribution in [0.2, 0.25) is 10.3 Å². The van der Waals surface area contributed by atoms with Gasteiger partial charge in [-0.25, -0.2) is 14.8 Å². The van der Waals surface area contributed by atoms with Crippen molar-refractivity contribution in [3.8, 4) is 11.3 Å². The Bertz CT molecular complexity index is 927. The van der Waals surface area contributed by atoms with Crippen LogP contribution in [0.1, 0.15) is 43.7 Å². The molecule has 0 saturated carbocycles. The number of carbonyl (C=O) groups excluding carboxylic acids is 2. The molecule has 142 valence electrons. The summed E-state index contributed by atoms with van der Waals surface area (Å²) in [6.07, 6.45) is 2.95. The van der Waals surface area contributed by atoms with E-state index < -0.39 is 17.6 Å². The standard InChI is InChI=1S/C18H18Cl2N4O3/c1-9(16(26)27-18(2,3)4)24-8-13-11(15(24)25)5-10(6-21-13)14-12(19)7-22-17(20)23-14/h5-7,9H,8H2,1-4H3/t9-/m1/s1. The summed E-state index contributed by atoms with van der Waals surface area (Å²) in [6, 6.07) is 0.920. The van der Waals surface area contributed by atoms with Crippen molar-refractivity contribution < 1.29 is 14.3 Å². The van der Waals surface area contributed by atoms with Crippen LogP contribution < -0.4 is 0 Å². The normalized spacial score (nSPS) is 14.9. The van der Waals surface area contributed by atoms with Crippen molar-refractivity contribution >= 4 is 35.1 Å². The Kier molecular flexibility index (Phi) is 5.10. The van der Waals surface area contributed by atoms with Crippen molar-refractivity contribution in [1.82, 2.24) is 19.9 Å². The molecule has 1 aliphatic heterocycles. The smallest absolute Gasteiger partial charge is 0.329 e. The molecule has 2 aromatic heterocycles. The van der Waals surface area contributed by atoms with E-state index in [1.165, 1.54) is 11.1 Å². The number of aromatic nitrogens is 3. The van der Waals surface area contributed by atoms with E-state index in [4.69, 9.17) is 27.9 Å². The summed E-state index contributed by atoms with van der Waals surface area (Å²) in [5, 5.41) is 0.340. The number of rotatable bonds is 3. The van der Waals surface area contributed by atoms with Gasteiger partial charge < -0.3 is 9.64 Å². The number of hydrogen-bond acceptors (Lipinski definition) is 6. The Hall–Kier alpha value is -2.25. The molecule has 3 heterocycles. The topological polar surface area (TPSA) is 85.3 Å². The molecule has 1 aliphatic rings. The fraction of sp³-hybridized carbons (Fsp3) is 0.389. The molecular weight excluding hydrogens is 391 g/mol. The highest BCUT2D eigenvalue weighted by Gasteiger charge is 2.37. The van der Waals surface area contributed by atoms with Gasteiger partial charge in [-0.1, -0.05) is 11.6 Å². The molecule has 0 bridgehead atoms. The minimum atomic E-state index is -0.730. The Balaban J connectivity index is 1.88. The second-order valence-corrected chi connectivity index (χ2v) is 7.94. The van der Waals surface area contributed by atoms with Crippen LogP contribution in [0.3, 0.4) is 0 Å². The summed E-state index contributed by atoms with van der Waals surface area (Å²) >= 11 is 12.0. The van der Waals surface area contributed by atoms with Crippen LogP contribution >= 0.6 is 23.2 Å². The maximum Gasteiger partial charge on any atom is 0.329 e. The highest BCUT2D eigenvalue weighted by atomic mass is 35.5. The van der Waals surface area contributed by atoms with E-state index in [1.807, 2.05) is 0 Å². The number of hydrogen-bond donors (Lipinski definition) is 0. The maximum atomic E-state index is 12.8. The van der Waals surface area contributed by atoms with E-state index in [1.54, 1.807) is 40.0 Å². The molecule has 7 nitrogen and oxygen atoms in total. The lowest BCUT2D eigenvalue weighted by molar-refractivity contribution is -0.159. The van der Waals surface area contributed by atoms with Crippen molar-refractivity contribution in [3.63, 3.8) is 0 Å². The van der Waals surface area contributed by atoms with Crippen molar-refractivity contribution in [2.45, 2.75) is 45.9 Å². The van der Waals surface area contributed by atoms with Crippen molar-refractivity contribution in [1.29, 1.82) is 0 Å². The minimum absolute atomic E-state index is 0.0430. The zero-order chi connectivity index (χ0) is 19.9. The lowest BCUT2D eigenvalue weighted by atomic mass is 10.1. The molecule has 9 heteroatoms. The first-order valence-corrected chi connectivity index (χ1v) is 9.03. The van der Waals surface area contributed by atoms with Crippen molar-refractivity contribution in [2.75, 3.05) is 0 Å². The number of halogens is 2. The fourth-order valence-corrected chi connectivity index (χ4v) is 3.03. The van der Waals surface area contributed by atoms with Gasteiger partial charge in [-0.15, -0.1) is 0 Å². The highest BCUT2D eigenvalue weighted by Crippen LogP contribution is 2.31. The van der Waals surface area contributed by atoms with Crippen LogP contribution in [0.15, 0.2) is 18.5 Å². The quantitative estimate of drug-likeness (QED) is 0.570. The molecule has 0 unspecified atom stereocenters. The van der Waals surface area contributed by atoms with Crippen LogP contribution in [0, 0.1) is 0 Å². The van der Waals surface area contributed by atoms with E-state index >= 15 is 0 Å². The lowest BCUT2D eigenvalue weighted by Crippen LogP contribution is -2.42. The van der Waals surface area contributed by atoms with Gasteiger partial charge in [-0.3, -0.25) is 9.78 Å². The first-order chi connectivity index (χ1) is 12.6. The zero-order valence-electron chi connectivity index (χ0n) is 15.3. The molecule has 3 rings (SSSR count). The Labute approximate surface area is 166 Å². The highest BCUT2D eigenvalue weighted by molar-refractivity contribution is 6.33. The van der Waals surface area contributed by atoms with Crippen LogP contribution in [-0.4, -0.2) is 43.4 Å². The van der Waals surface area contributed by atoms with Gasteiger partial charge in [0.2, 0.25) is 5.28 Å². The molecule has 0 saturated heterocycles. The minimum Gasteiger partial charge on any atom is -0.458 e. The number of carbonyl (C=O) groups is 2. The third kappa shape index (κ3) is 4.04. The van der Waals surface area contributed by atoms with Crippen molar-refractivity contribution in [3.05, 3.63) is 40.0 Å². The first kappa shape index (κ1) is 19.5. The predicted molar refractivity (Wildman–Crippen MR) is 100 cm³/mol. The largest absolute Gasteiger partial charge is 0.458 e. The van der Waals surface area contributed by atoms with Gasteiger partial charge in [0.1, 0.15) is 11.6 Å². The Morgan fingerprint density at radius 1 is 1.26 bits per heavy atom. The summed E-state index contributed by atoms with van der Waals surface area (Å²) in [4.78, 5) is 38.8. The van der Waals surface area contributed by atoms with E-state index in [9.17, 15) is 9.59 Å². The third-order valence-electron chi connectivity index (χ3n) is 3.99. The molecule has 0 N–H and O–H groups in total. The van der Waals surface area contributed by atoms with Crippen LogP contribution in [0.5, 0.6) is 0 Å². The average molecular weight is 409 g/mol. The van der Waals surface area contributed by atoms with E-state index in [-0.39, 0.29) is 17.7 Å². The fourth-order valence-electron chi connectivity index (χ4n) is 2.70. The molecule has 1 atom stereocenters. The van der Waals surface area contributed by atoms with Gasteiger partial charge in [0, 0.05) is 11.8 Å². The van der Waals surface area contributed by atoms with E-state index in [0.717, 1.165) is 0 Å². The molecular formula is C18H18Cl2N4O3. The second-order valence-electron chi connectivity index (χ2n) is 7.20. The number of amides is 1. The molecule has 2 aromatic rings. The molecule has 0 aliphatic carbocycles. The van der Waals surface area contributed by atoms with Gasteiger partial charge in [-0.2, -0.15) is 0 Å². The van der Waals surface area contributed by atoms with Gasteiger partial charge in [0.15, 0.2) is 0 Å². The molecule has 0 aromatic carbocycles. The maximum absolute atomic E-state index is 12.8. The summed E-state index contributed by atoms with van der Waals surface area (Å²) in [5.41, 5.74) is 1.28. The summed E-state index contributed by atoms with van der Waals surface area (Å²) in [7, 11) is 0. The summed E-state index contributed by atoms with van der Waals surface area (Å²) in [5.74, 6) is -0.761. The van der Waals surface area contributed by atoms with Gasteiger partial charge >= 0.3 is 5.97 Å². The zero-order valence-corrected chi connectivity index (χ0v) is 16.8. The van der Waals surface area contributed by atoms with Crippen LogP contribution in [0.25, 0.3) is 11.3 Å². The SMILES string of the molecule is C[C@H](C(=O)OC(C)(C)C)N1Cc2ncc(-c3nc(Cl)ncc3Cl)cc2C1=O. The summed E-state index contributed by atoms with van der Waals surface area (Å²) < 4.78 is 5.38. The van der Waals surface area contributed by atoms with Gasteiger partial charge in [-0.05, 0) is 45.4 Å². The third-order valence-corrected chi connectivity index (χ3v) is 4.44. The average Bonchev–Trinajstić information content (AvgIpc) is 2.91. The number of fused-ring (bicyclic) bond motifs is 1. The molecule has 1 amide bonds. The van der Waals surface area contributed by atoms with E-state index in [0.29, 0.717) is 27.5 Å². The molecule has 0 radical (unpaired) electrons. The molecule has 0 spiro atoms. The second kappa shape index (κ2) is 7.05. The Morgan fingerprint density at radius 3 is 2.63 bits per heavy atom. The van der Waals surface area contributed by atoms with Crippen LogP contribution in [0.4, 0.5) is 0 Å². The van der Waals surface area contributed by atoms with E-state index in [2.05, 4.69) is 15.0 Å². The van der Waals surface area contributed by atoms with Gasteiger partial charge in [0.25, 0.3) is 5.91 Å². The van der Waals surface area contributed by atoms with Crippen LogP contribution in [-0.2, 0) is 16.1 Å². The van der Waals surface area contributed by atoms with Gasteiger partial charge in [0.05, 0.1) is 34.7 Å². The number of ether oxygens (including phenoxy) is 1. The first-order valence-electron chi connectivity index (χ1n) is 8.28. The molecule has 27 heavy (non-hydrogen) atoms. The van der Waals surface area contributed by atoms with Crippen molar-refractivity contribution in [2.24, 2.45) is 0 Å². The predicted octanol–water partition coefficient (Wildman–Crippen LogP) is 3.53. The lowest BCUT2D eigenvalue weighted by Gasteiger charge is -2.27. The number of nitrogens with zero attached hydrogens (tertiary/aromatic N) is 4.